The molecular weight excluding hydrogens is 242 g/mol. The molecule has 1 heterocycles. The Hall–Kier alpha value is -1.56. The molecule has 0 aliphatic carbocycles. The first-order valence-electron chi connectivity index (χ1n) is 5.25. The Morgan fingerprint density at radius 1 is 1.24 bits per heavy atom. The van der Waals surface area contributed by atoms with Gasteiger partial charge in [0.1, 0.15) is 5.75 Å². The summed E-state index contributed by atoms with van der Waals surface area (Å²) in [5, 5.41) is 11.8. The zero-order chi connectivity index (χ0) is 12.5. The molecule has 1 aromatic carbocycles. The van der Waals surface area contributed by atoms with Gasteiger partial charge in [0, 0.05) is 6.42 Å². The van der Waals surface area contributed by atoms with Gasteiger partial charge in [0.05, 0.1) is 17.5 Å². The molecule has 2 rings (SSSR count). The third-order valence-electron chi connectivity index (χ3n) is 2.69. The van der Waals surface area contributed by atoms with Crippen LogP contribution in [0.15, 0.2) is 24.3 Å². The van der Waals surface area contributed by atoms with E-state index in [0.29, 0.717) is 5.56 Å². The smallest absolute Gasteiger partial charge is 0.221 e. The van der Waals surface area contributed by atoms with E-state index in [1.807, 2.05) is 0 Å². The van der Waals surface area contributed by atoms with Crippen molar-refractivity contribution in [3.8, 4) is 5.75 Å². The Bertz CT molecular complexity index is 521. The second kappa shape index (κ2) is 4.37. The number of hydrogen-bond donors (Lipinski definition) is 2. The molecule has 1 fully saturated rings. The van der Waals surface area contributed by atoms with Crippen molar-refractivity contribution in [2.24, 2.45) is 0 Å². The van der Waals surface area contributed by atoms with E-state index in [2.05, 4.69) is 5.32 Å². The highest BCUT2D eigenvalue weighted by Crippen LogP contribution is 2.21. The molecule has 6 heteroatoms. The van der Waals surface area contributed by atoms with Crippen LogP contribution in [0.3, 0.4) is 0 Å². The number of phenols is 1. The monoisotopic (exact) mass is 255 g/mol. The van der Waals surface area contributed by atoms with Crippen LogP contribution in [-0.2, 0) is 14.6 Å². The second-order valence-corrected chi connectivity index (χ2v) is 6.30. The quantitative estimate of drug-likeness (QED) is 0.759. The largest absolute Gasteiger partial charge is 0.508 e. The first-order chi connectivity index (χ1) is 7.96. The van der Waals surface area contributed by atoms with E-state index in [-0.39, 0.29) is 29.6 Å². The summed E-state index contributed by atoms with van der Waals surface area (Å²) in [6.45, 7) is 0. The van der Waals surface area contributed by atoms with Gasteiger partial charge in [-0.25, -0.2) is 8.42 Å². The van der Waals surface area contributed by atoms with E-state index < -0.39 is 15.9 Å². The molecule has 92 valence electrons. The molecule has 0 radical (unpaired) electrons. The van der Waals surface area contributed by atoms with Crippen LogP contribution in [0.4, 0.5) is 0 Å². The van der Waals surface area contributed by atoms with Crippen molar-refractivity contribution in [3.05, 3.63) is 29.8 Å². The summed E-state index contributed by atoms with van der Waals surface area (Å²) in [4.78, 5) is 11.4. The molecule has 1 saturated heterocycles. The summed E-state index contributed by atoms with van der Waals surface area (Å²) in [6.07, 6.45) is 0.0108. The van der Waals surface area contributed by atoms with Gasteiger partial charge in [0.2, 0.25) is 5.91 Å². The number of hydrogen-bond acceptors (Lipinski definition) is 4. The molecule has 5 nitrogen and oxygen atoms in total. The van der Waals surface area contributed by atoms with Gasteiger partial charge in [-0.05, 0) is 17.7 Å². The zero-order valence-electron chi connectivity index (χ0n) is 9.09. The number of carbonyl (C=O) groups excluding carboxylic acids is 1. The predicted octanol–water partition coefficient (Wildman–Crippen LogP) is 0.368. The Balaban J connectivity index is 2.29. The number of sulfone groups is 1. The van der Waals surface area contributed by atoms with Gasteiger partial charge in [0.15, 0.2) is 9.84 Å². The van der Waals surface area contributed by atoms with Gasteiger partial charge in [-0.3, -0.25) is 4.79 Å². The molecule has 1 amide bonds. The summed E-state index contributed by atoms with van der Waals surface area (Å²) in [7, 11) is -3.21. The van der Waals surface area contributed by atoms with Crippen molar-refractivity contribution in [2.75, 3.05) is 11.5 Å². The zero-order valence-corrected chi connectivity index (χ0v) is 9.90. The van der Waals surface area contributed by atoms with Crippen LogP contribution in [0.1, 0.15) is 18.0 Å². The fourth-order valence-electron chi connectivity index (χ4n) is 1.78. The van der Waals surface area contributed by atoms with Gasteiger partial charge in [-0.1, -0.05) is 12.1 Å². The average molecular weight is 255 g/mol. The van der Waals surface area contributed by atoms with Crippen molar-refractivity contribution in [1.29, 1.82) is 0 Å². The van der Waals surface area contributed by atoms with Crippen LogP contribution in [0.2, 0.25) is 0 Å². The molecule has 0 bridgehead atoms. The SMILES string of the molecule is O=C1CCS(=O)(=O)CC(c2ccc(O)cc2)N1. The maximum absolute atomic E-state index is 11.6. The summed E-state index contributed by atoms with van der Waals surface area (Å²) < 4.78 is 23.3. The molecular formula is C11H13NO4S. The molecule has 1 aliphatic heterocycles. The van der Waals surface area contributed by atoms with Crippen molar-refractivity contribution in [1.82, 2.24) is 5.32 Å². The van der Waals surface area contributed by atoms with Crippen LogP contribution >= 0.6 is 0 Å². The molecule has 0 aromatic heterocycles. The fraction of sp³-hybridized carbons (Fsp3) is 0.364. The van der Waals surface area contributed by atoms with E-state index in [9.17, 15) is 13.2 Å². The maximum Gasteiger partial charge on any atom is 0.221 e. The summed E-state index contributed by atoms with van der Waals surface area (Å²) in [6, 6.07) is 5.64. The minimum atomic E-state index is -3.21. The standard InChI is InChI=1S/C11H13NO4S/c13-9-3-1-8(2-4-9)10-7-17(15,16)6-5-11(14)12-10/h1-4,10,13H,5-7H2,(H,12,14). The van der Waals surface area contributed by atoms with Gasteiger partial charge in [-0.2, -0.15) is 0 Å². The van der Waals surface area contributed by atoms with Gasteiger partial charge in [0.25, 0.3) is 0 Å². The Morgan fingerprint density at radius 2 is 1.88 bits per heavy atom. The lowest BCUT2D eigenvalue weighted by molar-refractivity contribution is -0.121. The van der Waals surface area contributed by atoms with Crippen molar-refractivity contribution >= 4 is 15.7 Å². The average Bonchev–Trinajstić information content (AvgIpc) is 2.39. The van der Waals surface area contributed by atoms with Crippen LogP contribution in [0, 0.1) is 0 Å². The highest BCUT2D eigenvalue weighted by Gasteiger charge is 2.27. The maximum atomic E-state index is 11.6. The third-order valence-corrected chi connectivity index (χ3v) is 4.36. The summed E-state index contributed by atoms with van der Waals surface area (Å²) in [5.74, 6) is -0.350. The number of phenolic OH excluding ortho intramolecular Hbond substituents is 1. The topological polar surface area (TPSA) is 83.5 Å². The highest BCUT2D eigenvalue weighted by atomic mass is 32.2. The van der Waals surface area contributed by atoms with E-state index in [0.717, 1.165) is 0 Å². The minimum Gasteiger partial charge on any atom is -0.508 e. The second-order valence-electron chi connectivity index (χ2n) is 4.08. The molecule has 17 heavy (non-hydrogen) atoms. The Labute approximate surface area is 99.4 Å². The molecule has 1 aliphatic rings. The van der Waals surface area contributed by atoms with Crippen molar-refractivity contribution in [3.63, 3.8) is 0 Å². The first-order valence-corrected chi connectivity index (χ1v) is 7.07. The number of carbonyl (C=O) groups is 1. The van der Waals surface area contributed by atoms with E-state index >= 15 is 0 Å². The number of aromatic hydroxyl groups is 1. The lowest BCUT2D eigenvalue weighted by Gasteiger charge is -2.15. The minimum absolute atomic E-state index is 0.0108. The fourth-order valence-corrected chi connectivity index (χ4v) is 3.23. The van der Waals surface area contributed by atoms with Crippen LogP contribution in [-0.4, -0.2) is 30.9 Å². The third kappa shape index (κ3) is 2.97. The number of rotatable bonds is 1. The summed E-state index contributed by atoms with van der Waals surface area (Å²) >= 11 is 0. The van der Waals surface area contributed by atoms with Crippen LogP contribution < -0.4 is 5.32 Å². The van der Waals surface area contributed by atoms with E-state index in [1.165, 1.54) is 12.1 Å². The predicted molar refractivity (Wildman–Crippen MR) is 62.3 cm³/mol. The number of amides is 1. The Morgan fingerprint density at radius 3 is 2.53 bits per heavy atom. The van der Waals surface area contributed by atoms with Crippen molar-refractivity contribution in [2.45, 2.75) is 12.5 Å². The normalized spacial score (nSPS) is 23.8. The molecule has 0 saturated carbocycles. The lowest BCUT2D eigenvalue weighted by atomic mass is 10.1. The lowest BCUT2D eigenvalue weighted by Crippen LogP contribution is -2.29. The van der Waals surface area contributed by atoms with E-state index in [1.54, 1.807) is 12.1 Å². The van der Waals surface area contributed by atoms with Gasteiger partial charge < -0.3 is 10.4 Å². The molecule has 2 N–H and O–H groups in total. The van der Waals surface area contributed by atoms with Crippen LogP contribution in [0.5, 0.6) is 5.75 Å². The molecule has 1 aromatic rings. The first kappa shape index (κ1) is 11.9. The highest BCUT2D eigenvalue weighted by molar-refractivity contribution is 7.91. The molecule has 1 atom stereocenters. The summed E-state index contributed by atoms with van der Waals surface area (Å²) in [5.41, 5.74) is 0.682. The number of nitrogens with one attached hydrogen (secondary N) is 1. The Kier molecular flexibility index (Phi) is 3.06. The van der Waals surface area contributed by atoms with E-state index in [4.69, 9.17) is 5.11 Å². The molecule has 1 unspecified atom stereocenters. The van der Waals surface area contributed by atoms with Gasteiger partial charge in [-0.15, -0.1) is 0 Å². The van der Waals surface area contributed by atoms with Crippen LogP contribution in [0.25, 0.3) is 0 Å². The van der Waals surface area contributed by atoms with Gasteiger partial charge >= 0.3 is 0 Å². The van der Waals surface area contributed by atoms with Crippen molar-refractivity contribution < 1.29 is 18.3 Å². The molecule has 0 spiro atoms. The number of benzene rings is 1.